The highest BCUT2D eigenvalue weighted by Crippen LogP contribution is 2.18. The normalized spacial score (nSPS) is 17.8. The van der Waals surface area contributed by atoms with E-state index in [1.54, 1.807) is 0 Å². The minimum atomic E-state index is -0.0744. The molecule has 0 atom stereocenters. The SMILES string of the molecule is CN(C)c1ccc(NC(=O)NC2CCCCCCCCCCC2)cc1. The molecule has 1 aromatic rings. The van der Waals surface area contributed by atoms with Crippen molar-refractivity contribution >= 4 is 17.4 Å². The molecule has 0 aliphatic heterocycles. The number of anilines is 2. The predicted octanol–water partition coefficient (Wildman–Crippen LogP) is 5.55. The van der Waals surface area contributed by atoms with Gasteiger partial charge in [-0.1, -0.05) is 57.8 Å². The molecule has 0 radical (unpaired) electrons. The molecule has 0 unspecified atom stereocenters. The van der Waals surface area contributed by atoms with E-state index < -0.39 is 0 Å². The van der Waals surface area contributed by atoms with Gasteiger partial charge in [0.15, 0.2) is 0 Å². The summed E-state index contributed by atoms with van der Waals surface area (Å²) < 4.78 is 0. The molecule has 1 saturated carbocycles. The summed E-state index contributed by atoms with van der Waals surface area (Å²) in [7, 11) is 4.03. The van der Waals surface area contributed by atoms with Crippen LogP contribution in [0.4, 0.5) is 16.2 Å². The molecule has 2 N–H and O–H groups in total. The van der Waals surface area contributed by atoms with Crippen LogP contribution in [0.1, 0.15) is 70.6 Å². The molecule has 1 aliphatic carbocycles. The number of urea groups is 1. The number of carbonyl (C=O) groups excluding carboxylic acids is 1. The monoisotopic (exact) mass is 345 g/mol. The van der Waals surface area contributed by atoms with E-state index in [-0.39, 0.29) is 6.03 Å². The third-order valence-electron chi connectivity index (χ3n) is 5.08. The lowest BCUT2D eigenvalue weighted by Crippen LogP contribution is -2.38. The molecule has 1 fully saturated rings. The molecular weight excluding hydrogens is 310 g/mol. The fraction of sp³-hybridized carbons (Fsp3) is 0.667. The number of benzene rings is 1. The van der Waals surface area contributed by atoms with E-state index in [1.807, 2.05) is 38.4 Å². The zero-order valence-corrected chi connectivity index (χ0v) is 16.0. The first-order valence-corrected chi connectivity index (χ1v) is 10.00. The Kier molecular flexibility index (Phi) is 8.64. The van der Waals surface area contributed by atoms with Gasteiger partial charge in [0, 0.05) is 31.5 Å². The van der Waals surface area contributed by atoms with Gasteiger partial charge in [-0.2, -0.15) is 0 Å². The Morgan fingerprint density at radius 1 is 0.840 bits per heavy atom. The quantitative estimate of drug-likeness (QED) is 0.754. The number of hydrogen-bond acceptors (Lipinski definition) is 2. The second kappa shape index (κ2) is 11.0. The average Bonchev–Trinajstić information content (AvgIpc) is 2.57. The van der Waals surface area contributed by atoms with Crippen LogP contribution in [0.3, 0.4) is 0 Å². The number of rotatable bonds is 3. The topological polar surface area (TPSA) is 44.4 Å². The van der Waals surface area contributed by atoms with Crippen LogP contribution in [-0.4, -0.2) is 26.2 Å². The zero-order valence-electron chi connectivity index (χ0n) is 16.0. The molecule has 1 aliphatic rings. The molecule has 0 aromatic heterocycles. The maximum Gasteiger partial charge on any atom is 0.319 e. The number of nitrogens with zero attached hydrogens (tertiary/aromatic N) is 1. The second-order valence-corrected chi connectivity index (χ2v) is 7.50. The van der Waals surface area contributed by atoms with Gasteiger partial charge >= 0.3 is 6.03 Å². The third-order valence-corrected chi connectivity index (χ3v) is 5.08. The summed E-state index contributed by atoms with van der Waals surface area (Å²) in [6.45, 7) is 0. The maximum atomic E-state index is 12.3. The van der Waals surface area contributed by atoms with Crippen LogP contribution < -0.4 is 15.5 Å². The van der Waals surface area contributed by atoms with Crippen molar-refractivity contribution in [3.8, 4) is 0 Å². The smallest absolute Gasteiger partial charge is 0.319 e. The van der Waals surface area contributed by atoms with Gasteiger partial charge in [0.2, 0.25) is 0 Å². The Morgan fingerprint density at radius 3 is 1.80 bits per heavy atom. The van der Waals surface area contributed by atoms with Crippen molar-refractivity contribution in [3.05, 3.63) is 24.3 Å². The van der Waals surface area contributed by atoms with Crippen molar-refractivity contribution in [2.24, 2.45) is 0 Å². The van der Waals surface area contributed by atoms with Gasteiger partial charge in [0.1, 0.15) is 0 Å². The average molecular weight is 346 g/mol. The molecule has 0 saturated heterocycles. The molecule has 2 rings (SSSR count). The first kappa shape index (κ1) is 19.6. The van der Waals surface area contributed by atoms with Gasteiger partial charge in [0.25, 0.3) is 0 Å². The Labute approximate surface area is 153 Å². The van der Waals surface area contributed by atoms with E-state index >= 15 is 0 Å². The van der Waals surface area contributed by atoms with Gasteiger partial charge in [-0.15, -0.1) is 0 Å². The van der Waals surface area contributed by atoms with Crippen LogP contribution in [0.2, 0.25) is 0 Å². The fourth-order valence-electron chi connectivity index (χ4n) is 3.50. The summed E-state index contributed by atoms with van der Waals surface area (Å²) in [5.74, 6) is 0. The Morgan fingerprint density at radius 2 is 1.32 bits per heavy atom. The van der Waals surface area contributed by atoms with Crippen LogP contribution in [0.5, 0.6) is 0 Å². The zero-order chi connectivity index (χ0) is 17.9. The van der Waals surface area contributed by atoms with E-state index in [0.29, 0.717) is 6.04 Å². The van der Waals surface area contributed by atoms with Crippen LogP contribution >= 0.6 is 0 Å². The number of nitrogens with one attached hydrogen (secondary N) is 2. The largest absolute Gasteiger partial charge is 0.378 e. The number of carbonyl (C=O) groups is 1. The van der Waals surface area contributed by atoms with Crippen LogP contribution in [0.25, 0.3) is 0 Å². The van der Waals surface area contributed by atoms with Crippen LogP contribution in [0.15, 0.2) is 24.3 Å². The minimum absolute atomic E-state index is 0.0744. The summed E-state index contributed by atoms with van der Waals surface area (Å²) in [5, 5.41) is 6.17. The summed E-state index contributed by atoms with van der Waals surface area (Å²) in [6, 6.07) is 8.18. The van der Waals surface area contributed by atoms with Gasteiger partial charge in [-0.05, 0) is 37.1 Å². The van der Waals surface area contributed by atoms with Crippen LogP contribution in [-0.2, 0) is 0 Å². The second-order valence-electron chi connectivity index (χ2n) is 7.50. The Hall–Kier alpha value is -1.71. The number of hydrogen-bond donors (Lipinski definition) is 2. The molecular formula is C21H35N3O. The molecule has 2 amide bonds. The molecule has 1 aromatic carbocycles. The van der Waals surface area contributed by atoms with E-state index in [1.165, 1.54) is 57.8 Å². The highest BCUT2D eigenvalue weighted by molar-refractivity contribution is 5.89. The lowest BCUT2D eigenvalue weighted by atomic mass is 9.98. The lowest BCUT2D eigenvalue weighted by Gasteiger charge is -2.20. The van der Waals surface area contributed by atoms with E-state index in [0.717, 1.165) is 24.2 Å². The lowest BCUT2D eigenvalue weighted by molar-refractivity contribution is 0.246. The maximum absolute atomic E-state index is 12.3. The molecule has 25 heavy (non-hydrogen) atoms. The predicted molar refractivity (Wildman–Crippen MR) is 107 cm³/mol. The molecule has 0 heterocycles. The van der Waals surface area contributed by atoms with E-state index in [9.17, 15) is 4.79 Å². The summed E-state index contributed by atoms with van der Waals surface area (Å²) in [4.78, 5) is 14.4. The molecule has 4 heteroatoms. The third kappa shape index (κ3) is 7.80. The van der Waals surface area contributed by atoms with Crippen molar-refractivity contribution in [1.82, 2.24) is 5.32 Å². The van der Waals surface area contributed by atoms with Crippen molar-refractivity contribution in [2.45, 2.75) is 76.7 Å². The first-order chi connectivity index (χ1) is 12.1. The van der Waals surface area contributed by atoms with Gasteiger partial charge < -0.3 is 15.5 Å². The minimum Gasteiger partial charge on any atom is -0.378 e. The summed E-state index contributed by atoms with van der Waals surface area (Å²) in [6.07, 6.45) is 14.1. The van der Waals surface area contributed by atoms with Crippen molar-refractivity contribution in [2.75, 3.05) is 24.3 Å². The van der Waals surface area contributed by atoms with Crippen molar-refractivity contribution in [1.29, 1.82) is 0 Å². The van der Waals surface area contributed by atoms with Gasteiger partial charge in [-0.3, -0.25) is 0 Å². The van der Waals surface area contributed by atoms with Gasteiger partial charge in [-0.25, -0.2) is 4.79 Å². The molecule has 0 bridgehead atoms. The molecule has 4 nitrogen and oxygen atoms in total. The highest BCUT2D eigenvalue weighted by Gasteiger charge is 2.13. The number of amides is 2. The van der Waals surface area contributed by atoms with Crippen LogP contribution in [0, 0.1) is 0 Å². The summed E-state index contributed by atoms with van der Waals surface area (Å²) >= 11 is 0. The first-order valence-electron chi connectivity index (χ1n) is 10.00. The van der Waals surface area contributed by atoms with Gasteiger partial charge in [0.05, 0.1) is 0 Å². The molecule has 140 valence electrons. The standard InChI is InChI=1S/C21H35N3O/c1-24(2)20-16-14-19(15-17-20)23-21(25)22-18-12-10-8-6-4-3-5-7-9-11-13-18/h14-18H,3-13H2,1-2H3,(H2,22,23,25). The Balaban J connectivity index is 1.81. The fourth-order valence-corrected chi connectivity index (χ4v) is 3.50. The van der Waals surface area contributed by atoms with Crippen molar-refractivity contribution in [3.63, 3.8) is 0 Å². The molecule has 0 spiro atoms. The highest BCUT2D eigenvalue weighted by atomic mass is 16.2. The van der Waals surface area contributed by atoms with E-state index in [4.69, 9.17) is 0 Å². The van der Waals surface area contributed by atoms with E-state index in [2.05, 4.69) is 15.5 Å². The van der Waals surface area contributed by atoms with Crippen molar-refractivity contribution < 1.29 is 4.79 Å². The summed E-state index contributed by atoms with van der Waals surface area (Å²) in [5.41, 5.74) is 1.97. The Bertz CT molecular complexity index is 486.